The molecule has 0 spiro atoms. The number of benzene rings is 3. The van der Waals surface area contributed by atoms with Crippen LogP contribution >= 0.6 is 35.0 Å². The van der Waals surface area contributed by atoms with E-state index in [1.807, 2.05) is 6.07 Å². The Bertz CT molecular complexity index is 1800. The molecular formula is C43H56Cl2F3N3O12S. The maximum atomic E-state index is 13.2. The van der Waals surface area contributed by atoms with Gasteiger partial charge >= 0.3 is 6.18 Å². The first-order chi connectivity index (χ1) is 31.1. The van der Waals surface area contributed by atoms with Crippen molar-refractivity contribution in [1.82, 2.24) is 5.43 Å². The van der Waals surface area contributed by atoms with Crippen molar-refractivity contribution in [3.8, 4) is 0 Å². The van der Waals surface area contributed by atoms with Crippen LogP contribution in [0.1, 0.15) is 43.8 Å². The predicted molar refractivity (Wildman–Crippen MR) is 239 cm³/mol. The van der Waals surface area contributed by atoms with Crippen LogP contribution in [0.5, 0.6) is 0 Å². The van der Waals surface area contributed by atoms with Crippen molar-refractivity contribution in [1.29, 1.82) is 0 Å². The first-order valence-electron chi connectivity index (χ1n) is 20.1. The number of hydrogen-bond donors (Lipinski definition) is 3. The molecule has 0 aliphatic rings. The monoisotopic (exact) mass is 965 g/mol. The van der Waals surface area contributed by atoms with E-state index in [9.17, 15) is 27.6 Å². The van der Waals surface area contributed by atoms with Crippen molar-refractivity contribution >= 4 is 65.0 Å². The van der Waals surface area contributed by atoms with Crippen LogP contribution in [0.25, 0.3) is 0 Å². The zero-order valence-corrected chi connectivity index (χ0v) is 37.9. The molecule has 0 saturated heterocycles. The van der Waals surface area contributed by atoms with Crippen LogP contribution in [-0.4, -0.2) is 148 Å². The highest BCUT2D eigenvalue weighted by Crippen LogP contribution is 2.35. The molecule has 356 valence electrons. The second-order valence-electron chi connectivity index (χ2n) is 12.7. The summed E-state index contributed by atoms with van der Waals surface area (Å²) < 4.78 is 83.2. The summed E-state index contributed by atoms with van der Waals surface area (Å²) in [5, 5.41) is 13.2. The van der Waals surface area contributed by atoms with Gasteiger partial charge in [0.2, 0.25) is 0 Å². The molecular weight excluding hydrogens is 910 g/mol. The van der Waals surface area contributed by atoms with Gasteiger partial charge in [0.1, 0.15) is 6.29 Å². The minimum Gasteiger partial charge on any atom is -0.400 e. The van der Waals surface area contributed by atoms with Crippen LogP contribution in [0.3, 0.4) is 0 Å². The highest BCUT2D eigenvalue weighted by Gasteiger charge is 2.33. The zero-order valence-electron chi connectivity index (χ0n) is 35.5. The molecule has 0 bridgehead atoms. The summed E-state index contributed by atoms with van der Waals surface area (Å²) in [4.78, 5) is 36.3. The Morgan fingerprint density at radius 1 is 0.688 bits per heavy atom. The molecule has 15 nitrogen and oxygen atoms in total. The molecule has 0 aliphatic heterocycles. The fraction of sp³-hybridized carbons (Fsp3) is 0.488. The van der Waals surface area contributed by atoms with Crippen LogP contribution in [0.4, 0.5) is 18.9 Å². The van der Waals surface area contributed by atoms with Crippen LogP contribution in [-0.2, 0) is 54.6 Å². The number of carbonyl (C=O) groups is 3. The third-order valence-corrected chi connectivity index (χ3v) is 9.52. The van der Waals surface area contributed by atoms with E-state index < -0.39 is 28.6 Å². The molecule has 0 unspecified atom stereocenters. The highest BCUT2D eigenvalue weighted by molar-refractivity contribution is 7.98. The molecule has 0 aromatic heterocycles. The standard InChI is InChI=1S/C42H52Cl2F3N3O11S.CH4O/c43-35-6-8-39(36(29-35)41(53)50-48-30-32-5-7-38(44)37(28-32)42(45,46)47)49-40(52)34-4-1-3-33(27-34)31-62-26-25-61-24-23-60-22-21-59-20-19-58-18-17-57-16-15-56-14-13-55-12-11-54-10-2-9-51;1-2/h1,3-9,27-30H,2,10-26,31H2,(H,49,52)(H,50,53);2H,1H3/b48-30+;. The first kappa shape index (κ1) is 56.4. The summed E-state index contributed by atoms with van der Waals surface area (Å²) >= 11 is 13.4. The molecule has 0 atom stereocenters. The lowest BCUT2D eigenvalue weighted by Crippen LogP contribution is -2.21. The van der Waals surface area contributed by atoms with E-state index in [-0.39, 0.29) is 21.8 Å². The molecule has 0 saturated carbocycles. The van der Waals surface area contributed by atoms with Gasteiger partial charge in [0.05, 0.1) is 134 Å². The molecule has 3 aromatic carbocycles. The van der Waals surface area contributed by atoms with Gasteiger partial charge in [-0.2, -0.15) is 30.0 Å². The lowest BCUT2D eigenvalue weighted by Gasteiger charge is -2.12. The quantitative estimate of drug-likeness (QED) is 0.0253. The summed E-state index contributed by atoms with van der Waals surface area (Å²) in [5.41, 5.74) is 2.69. The second kappa shape index (κ2) is 35.5. The first-order valence-corrected chi connectivity index (χ1v) is 22.0. The number of aldehydes is 1. The number of ether oxygens (including phenoxy) is 8. The molecule has 3 rings (SSSR count). The van der Waals surface area contributed by atoms with Crippen LogP contribution < -0.4 is 10.7 Å². The number of amides is 2. The van der Waals surface area contributed by atoms with Crippen molar-refractivity contribution in [2.24, 2.45) is 5.10 Å². The molecule has 0 fully saturated rings. The number of anilines is 1. The summed E-state index contributed by atoms with van der Waals surface area (Å²) in [5.74, 6) is 0.142. The molecule has 64 heavy (non-hydrogen) atoms. The van der Waals surface area contributed by atoms with Crippen molar-refractivity contribution in [2.45, 2.75) is 18.3 Å². The minimum atomic E-state index is -4.66. The molecule has 3 N–H and O–H groups in total. The Morgan fingerprint density at radius 2 is 1.22 bits per heavy atom. The number of nitrogens with zero attached hydrogens (tertiary/aromatic N) is 1. The van der Waals surface area contributed by atoms with Crippen molar-refractivity contribution in [2.75, 3.05) is 124 Å². The van der Waals surface area contributed by atoms with E-state index >= 15 is 0 Å². The molecule has 3 aromatic rings. The number of thioether (sulfide) groups is 1. The van der Waals surface area contributed by atoms with Gasteiger partial charge < -0.3 is 53.1 Å². The maximum absolute atomic E-state index is 13.2. The Morgan fingerprint density at radius 3 is 1.75 bits per heavy atom. The van der Waals surface area contributed by atoms with Gasteiger partial charge in [-0.1, -0.05) is 41.4 Å². The van der Waals surface area contributed by atoms with Crippen molar-refractivity contribution < 1.29 is 70.6 Å². The highest BCUT2D eigenvalue weighted by atomic mass is 35.5. The number of rotatable bonds is 34. The topological polar surface area (TPSA) is 182 Å². The lowest BCUT2D eigenvalue weighted by atomic mass is 10.1. The smallest absolute Gasteiger partial charge is 0.400 e. The van der Waals surface area contributed by atoms with Gasteiger partial charge in [0, 0.05) is 35.6 Å². The van der Waals surface area contributed by atoms with E-state index in [4.69, 9.17) is 66.2 Å². The second-order valence-corrected chi connectivity index (χ2v) is 14.6. The van der Waals surface area contributed by atoms with Crippen LogP contribution in [0.2, 0.25) is 10.0 Å². The minimum absolute atomic E-state index is 0.00827. The molecule has 2 amide bonds. The Kier molecular flexibility index (Phi) is 31.3. The average Bonchev–Trinajstić information content (AvgIpc) is 3.28. The summed E-state index contributed by atoms with van der Waals surface area (Å²) in [6.45, 7) is 7.31. The normalized spacial score (nSPS) is 11.4. The van der Waals surface area contributed by atoms with Gasteiger partial charge in [-0.05, 0) is 53.6 Å². The fourth-order valence-electron chi connectivity index (χ4n) is 4.96. The SMILES string of the molecule is CO.O=CCCOCCOCCOCCOCCOCCOCCOCCOCCSCc1cccc(C(=O)Nc2ccc(Cl)cc2C(=O)N/N=C/c2ccc(Cl)c(C(F)(F)F)c2)c1. The predicted octanol–water partition coefficient (Wildman–Crippen LogP) is 6.59. The Balaban J connectivity index is 0.00000694. The average molecular weight is 967 g/mol. The fourth-order valence-corrected chi connectivity index (χ4v) is 6.15. The Hall–Kier alpha value is -3.70. The van der Waals surface area contributed by atoms with E-state index in [2.05, 4.69) is 15.8 Å². The number of aliphatic hydroxyl groups is 1. The van der Waals surface area contributed by atoms with E-state index in [0.29, 0.717) is 123 Å². The largest absolute Gasteiger partial charge is 0.417 e. The van der Waals surface area contributed by atoms with Gasteiger partial charge in [-0.25, -0.2) is 5.43 Å². The molecule has 21 heteroatoms. The van der Waals surface area contributed by atoms with E-state index in [0.717, 1.165) is 43.1 Å². The van der Waals surface area contributed by atoms with E-state index in [1.54, 1.807) is 30.0 Å². The molecule has 0 radical (unpaired) electrons. The number of aliphatic hydroxyl groups excluding tert-OH is 1. The van der Waals surface area contributed by atoms with Gasteiger partial charge in [0.25, 0.3) is 11.8 Å². The number of alkyl halides is 3. The zero-order chi connectivity index (χ0) is 46.7. The third-order valence-electron chi connectivity index (χ3n) is 7.96. The molecule has 0 heterocycles. The molecule has 0 aliphatic carbocycles. The lowest BCUT2D eigenvalue weighted by molar-refractivity contribution is -0.137. The van der Waals surface area contributed by atoms with Gasteiger partial charge in [-0.15, -0.1) is 0 Å². The van der Waals surface area contributed by atoms with E-state index in [1.165, 1.54) is 24.3 Å². The Labute approximate surface area is 385 Å². The van der Waals surface area contributed by atoms with Crippen LogP contribution in [0.15, 0.2) is 65.8 Å². The number of hydrogen-bond acceptors (Lipinski definition) is 14. The number of carbonyl (C=O) groups excluding carboxylic acids is 3. The third kappa shape index (κ3) is 25.7. The van der Waals surface area contributed by atoms with Crippen molar-refractivity contribution in [3.05, 3.63) is 98.5 Å². The maximum Gasteiger partial charge on any atom is 0.417 e. The van der Waals surface area contributed by atoms with Gasteiger partial charge in [-0.3, -0.25) is 9.59 Å². The number of hydrazone groups is 1. The number of halogens is 5. The number of nitrogens with one attached hydrogen (secondary N) is 2. The van der Waals surface area contributed by atoms with Crippen molar-refractivity contribution in [3.63, 3.8) is 0 Å². The summed E-state index contributed by atoms with van der Waals surface area (Å²) in [7, 11) is 1.00. The van der Waals surface area contributed by atoms with Gasteiger partial charge in [0.15, 0.2) is 0 Å². The summed E-state index contributed by atoms with van der Waals surface area (Å²) in [6, 6.07) is 14.6. The van der Waals surface area contributed by atoms with Crippen LogP contribution in [0, 0.1) is 0 Å². The summed E-state index contributed by atoms with van der Waals surface area (Å²) in [6.07, 6.45) is -2.41.